The van der Waals surface area contributed by atoms with Crippen molar-refractivity contribution in [3.8, 4) is 0 Å². The lowest BCUT2D eigenvalue weighted by Crippen LogP contribution is -2.39. The zero-order chi connectivity index (χ0) is 11.8. The summed E-state index contributed by atoms with van der Waals surface area (Å²) >= 11 is 0. The predicted octanol–water partition coefficient (Wildman–Crippen LogP) is 2.17. The van der Waals surface area contributed by atoms with Crippen molar-refractivity contribution in [2.75, 3.05) is 5.75 Å². The Balaban J connectivity index is 2.01. The van der Waals surface area contributed by atoms with Crippen molar-refractivity contribution in [2.24, 2.45) is 0 Å². The number of nitrogens with one attached hydrogen (secondary N) is 1. The van der Waals surface area contributed by atoms with E-state index in [1.165, 1.54) is 11.1 Å². The zero-order valence-electron chi connectivity index (χ0n) is 10.2. The van der Waals surface area contributed by atoms with E-state index in [9.17, 15) is 4.21 Å². The smallest absolute Gasteiger partial charge is 0.0546 e. The molecule has 4 atom stereocenters. The van der Waals surface area contributed by atoms with Crippen LogP contribution in [0.4, 0.5) is 0 Å². The van der Waals surface area contributed by atoms with Gasteiger partial charge >= 0.3 is 0 Å². The second-order valence-electron chi connectivity index (χ2n) is 5.19. The first-order valence-electron chi connectivity index (χ1n) is 6.47. The minimum absolute atomic E-state index is 0.304. The molecule has 1 saturated heterocycles. The van der Waals surface area contributed by atoms with Gasteiger partial charge in [0, 0.05) is 28.6 Å². The van der Waals surface area contributed by atoms with Gasteiger partial charge in [0.2, 0.25) is 0 Å². The maximum absolute atomic E-state index is 12.3. The zero-order valence-corrected chi connectivity index (χ0v) is 11.0. The average Bonchev–Trinajstić information content (AvgIpc) is 2.50. The lowest BCUT2D eigenvalue weighted by atomic mass is 9.87. The molecule has 17 heavy (non-hydrogen) atoms. The van der Waals surface area contributed by atoms with Crippen LogP contribution in [0, 0.1) is 0 Å². The summed E-state index contributed by atoms with van der Waals surface area (Å²) in [5.41, 5.74) is 2.82. The Morgan fingerprint density at radius 2 is 2.12 bits per heavy atom. The fourth-order valence-electron chi connectivity index (χ4n) is 3.04. The third-order valence-corrected chi connectivity index (χ3v) is 5.84. The van der Waals surface area contributed by atoms with Crippen LogP contribution in [-0.2, 0) is 17.2 Å². The molecule has 1 aromatic rings. The van der Waals surface area contributed by atoms with Crippen LogP contribution in [0.5, 0.6) is 0 Å². The predicted molar refractivity (Wildman–Crippen MR) is 71.5 cm³/mol. The van der Waals surface area contributed by atoms with E-state index in [-0.39, 0.29) is 0 Å². The molecule has 1 aliphatic carbocycles. The van der Waals surface area contributed by atoms with Gasteiger partial charge in [0.15, 0.2) is 0 Å². The van der Waals surface area contributed by atoms with Crippen molar-refractivity contribution in [3.05, 3.63) is 35.4 Å². The summed E-state index contributed by atoms with van der Waals surface area (Å²) in [4.78, 5) is 0. The van der Waals surface area contributed by atoms with Gasteiger partial charge in [0.1, 0.15) is 0 Å². The van der Waals surface area contributed by atoms with Gasteiger partial charge in [-0.25, -0.2) is 0 Å². The van der Waals surface area contributed by atoms with E-state index in [2.05, 4.69) is 36.5 Å². The van der Waals surface area contributed by atoms with Crippen molar-refractivity contribution < 1.29 is 4.21 Å². The molecule has 1 fully saturated rings. The van der Waals surface area contributed by atoms with Crippen LogP contribution in [0.25, 0.3) is 0 Å². The van der Waals surface area contributed by atoms with E-state index >= 15 is 0 Å². The third kappa shape index (κ3) is 2.06. The molecule has 2 aliphatic rings. The highest BCUT2D eigenvalue weighted by Gasteiger charge is 2.35. The second-order valence-corrected chi connectivity index (χ2v) is 6.97. The Morgan fingerprint density at radius 1 is 1.29 bits per heavy atom. The van der Waals surface area contributed by atoms with Crippen LogP contribution in [0.2, 0.25) is 0 Å². The molecule has 3 rings (SSSR count). The van der Waals surface area contributed by atoms with Crippen LogP contribution in [0.15, 0.2) is 24.3 Å². The fraction of sp³-hybridized carbons (Fsp3) is 0.571. The molecule has 0 saturated carbocycles. The molecular weight excluding hydrogens is 230 g/mol. The summed E-state index contributed by atoms with van der Waals surface area (Å²) in [6, 6.07) is 9.40. The minimum atomic E-state index is -0.665. The van der Waals surface area contributed by atoms with Gasteiger partial charge in [-0.15, -0.1) is 0 Å². The summed E-state index contributed by atoms with van der Waals surface area (Å²) in [7, 11) is -0.665. The van der Waals surface area contributed by atoms with E-state index < -0.39 is 10.8 Å². The standard InChI is InChI=1S/C14H19NOS/c1-10-8-9-17(16)13-7-6-11-4-2-3-5-12(11)14(13)15-10/h2-5,10,13-15H,6-9H2,1H3. The van der Waals surface area contributed by atoms with Crippen LogP contribution in [0.1, 0.15) is 36.9 Å². The topological polar surface area (TPSA) is 29.1 Å². The SMILES string of the molecule is CC1CCS(=O)C2CCc3ccccc3C2N1. The minimum Gasteiger partial charge on any atom is -0.306 e. The van der Waals surface area contributed by atoms with E-state index in [0.29, 0.717) is 17.3 Å². The van der Waals surface area contributed by atoms with Crippen molar-refractivity contribution in [2.45, 2.75) is 43.5 Å². The Labute approximate surface area is 105 Å². The van der Waals surface area contributed by atoms with E-state index in [4.69, 9.17) is 0 Å². The Bertz CT molecular complexity index is 446. The van der Waals surface area contributed by atoms with Crippen molar-refractivity contribution >= 4 is 10.8 Å². The first kappa shape index (κ1) is 11.4. The highest BCUT2D eigenvalue weighted by molar-refractivity contribution is 7.85. The molecule has 4 unspecified atom stereocenters. The van der Waals surface area contributed by atoms with Crippen molar-refractivity contribution in [1.82, 2.24) is 5.32 Å². The number of rotatable bonds is 0. The number of fused-ring (bicyclic) bond motifs is 3. The van der Waals surface area contributed by atoms with E-state index in [1.54, 1.807) is 0 Å². The number of aryl methyl sites for hydroxylation is 1. The molecule has 1 heterocycles. The molecule has 0 radical (unpaired) electrons. The molecule has 1 aliphatic heterocycles. The summed E-state index contributed by atoms with van der Waals surface area (Å²) in [5, 5.41) is 3.99. The number of hydrogen-bond donors (Lipinski definition) is 1. The summed E-state index contributed by atoms with van der Waals surface area (Å²) < 4.78 is 12.3. The average molecular weight is 249 g/mol. The van der Waals surface area contributed by atoms with Gasteiger partial charge < -0.3 is 5.32 Å². The molecule has 0 bridgehead atoms. The molecule has 92 valence electrons. The molecule has 2 nitrogen and oxygen atoms in total. The second kappa shape index (κ2) is 4.54. The van der Waals surface area contributed by atoms with E-state index in [0.717, 1.165) is 25.0 Å². The maximum Gasteiger partial charge on any atom is 0.0546 e. The Morgan fingerprint density at radius 3 is 3.00 bits per heavy atom. The highest BCUT2D eigenvalue weighted by Crippen LogP contribution is 2.35. The number of hydrogen-bond acceptors (Lipinski definition) is 2. The number of benzene rings is 1. The Kier molecular flexibility index (Phi) is 3.05. The quantitative estimate of drug-likeness (QED) is 0.763. The lowest BCUT2D eigenvalue weighted by Gasteiger charge is -2.33. The van der Waals surface area contributed by atoms with Gasteiger partial charge in [-0.1, -0.05) is 24.3 Å². The van der Waals surface area contributed by atoms with Crippen LogP contribution in [-0.4, -0.2) is 21.3 Å². The van der Waals surface area contributed by atoms with Gasteiger partial charge in [-0.05, 0) is 37.3 Å². The van der Waals surface area contributed by atoms with Crippen LogP contribution in [0.3, 0.4) is 0 Å². The summed E-state index contributed by atoms with van der Waals surface area (Å²) in [5.74, 6) is 0.859. The Hall–Kier alpha value is -0.670. The van der Waals surface area contributed by atoms with Crippen LogP contribution < -0.4 is 5.32 Å². The summed E-state index contributed by atoms with van der Waals surface area (Å²) in [6.07, 6.45) is 3.18. The van der Waals surface area contributed by atoms with Crippen molar-refractivity contribution in [3.63, 3.8) is 0 Å². The van der Waals surface area contributed by atoms with Gasteiger partial charge in [0.25, 0.3) is 0 Å². The van der Waals surface area contributed by atoms with E-state index in [1.807, 2.05) is 0 Å². The molecule has 0 amide bonds. The molecule has 0 spiro atoms. The summed E-state index contributed by atoms with van der Waals surface area (Å²) in [6.45, 7) is 2.21. The molecule has 1 N–H and O–H groups in total. The highest BCUT2D eigenvalue weighted by atomic mass is 32.2. The van der Waals surface area contributed by atoms with Crippen molar-refractivity contribution in [1.29, 1.82) is 0 Å². The lowest BCUT2D eigenvalue weighted by molar-refractivity contribution is 0.420. The molecule has 3 heteroatoms. The maximum atomic E-state index is 12.3. The first-order chi connectivity index (χ1) is 8.25. The largest absolute Gasteiger partial charge is 0.306 e. The molecule has 0 aromatic heterocycles. The molecular formula is C14H19NOS. The van der Waals surface area contributed by atoms with Gasteiger partial charge in [-0.3, -0.25) is 4.21 Å². The van der Waals surface area contributed by atoms with Gasteiger partial charge in [-0.2, -0.15) is 0 Å². The fourth-order valence-corrected chi connectivity index (χ4v) is 4.84. The molecule has 1 aromatic carbocycles. The third-order valence-electron chi connectivity index (χ3n) is 4.01. The van der Waals surface area contributed by atoms with Gasteiger partial charge in [0.05, 0.1) is 5.25 Å². The first-order valence-corrected chi connectivity index (χ1v) is 7.85. The normalized spacial score (nSPS) is 36.8. The van der Waals surface area contributed by atoms with Crippen LogP contribution >= 0.6 is 0 Å². The monoisotopic (exact) mass is 249 g/mol.